The van der Waals surface area contributed by atoms with E-state index in [0.717, 1.165) is 38.9 Å². The van der Waals surface area contributed by atoms with Crippen molar-refractivity contribution in [1.82, 2.24) is 14.9 Å². The molecule has 1 aliphatic carbocycles. The van der Waals surface area contributed by atoms with Crippen LogP contribution in [0.4, 0.5) is 0 Å². The summed E-state index contributed by atoms with van der Waals surface area (Å²) in [6, 6.07) is 0.694. The molecule has 2 aliphatic rings. The highest BCUT2D eigenvalue weighted by molar-refractivity contribution is 7.89. The molecule has 0 aromatic carbocycles. The van der Waals surface area contributed by atoms with Gasteiger partial charge in [0.25, 0.3) is 0 Å². The molecule has 6 heteroatoms. The van der Waals surface area contributed by atoms with Gasteiger partial charge in [0.05, 0.1) is 5.75 Å². The summed E-state index contributed by atoms with van der Waals surface area (Å²) in [5.41, 5.74) is 0. The van der Waals surface area contributed by atoms with Gasteiger partial charge in [0.1, 0.15) is 0 Å². The van der Waals surface area contributed by atoms with E-state index in [0.29, 0.717) is 18.5 Å². The monoisotopic (exact) mass is 289 g/mol. The Bertz CT molecular complexity index is 362. The summed E-state index contributed by atoms with van der Waals surface area (Å²) in [4.78, 5) is 2.25. The minimum Gasteiger partial charge on any atom is -0.317 e. The van der Waals surface area contributed by atoms with Crippen molar-refractivity contribution < 1.29 is 8.42 Å². The molecule has 2 rings (SSSR count). The van der Waals surface area contributed by atoms with Crippen molar-refractivity contribution in [3.63, 3.8) is 0 Å². The molecule has 0 unspecified atom stereocenters. The number of rotatable bonds is 8. The van der Waals surface area contributed by atoms with E-state index >= 15 is 0 Å². The van der Waals surface area contributed by atoms with Crippen LogP contribution >= 0.6 is 0 Å². The maximum Gasteiger partial charge on any atom is 0.211 e. The Labute approximate surface area is 117 Å². The van der Waals surface area contributed by atoms with Crippen LogP contribution in [-0.2, 0) is 10.0 Å². The van der Waals surface area contributed by atoms with Gasteiger partial charge in [-0.15, -0.1) is 0 Å². The van der Waals surface area contributed by atoms with Crippen LogP contribution in [0.2, 0.25) is 0 Å². The summed E-state index contributed by atoms with van der Waals surface area (Å²) in [5, 5.41) is 3.30. The van der Waals surface area contributed by atoms with Crippen LogP contribution in [0, 0.1) is 5.92 Å². The molecule has 0 aromatic rings. The van der Waals surface area contributed by atoms with Crippen molar-refractivity contribution in [2.45, 2.75) is 38.1 Å². The van der Waals surface area contributed by atoms with E-state index in [1.165, 1.54) is 12.8 Å². The van der Waals surface area contributed by atoms with Gasteiger partial charge in [-0.05, 0) is 58.2 Å². The van der Waals surface area contributed by atoms with Crippen molar-refractivity contribution >= 4 is 10.0 Å². The van der Waals surface area contributed by atoms with Crippen molar-refractivity contribution in [3.8, 4) is 0 Å². The van der Waals surface area contributed by atoms with Gasteiger partial charge >= 0.3 is 0 Å². The van der Waals surface area contributed by atoms with Crippen LogP contribution in [-0.4, -0.2) is 58.3 Å². The van der Waals surface area contributed by atoms with Crippen LogP contribution in [0.1, 0.15) is 32.1 Å². The average molecular weight is 289 g/mol. The fraction of sp³-hybridized carbons (Fsp3) is 1.00. The van der Waals surface area contributed by atoms with Crippen LogP contribution in [0.15, 0.2) is 0 Å². The lowest BCUT2D eigenvalue weighted by atomic mass is 9.96. The first-order valence-electron chi connectivity index (χ1n) is 7.45. The number of piperidine rings is 1. The van der Waals surface area contributed by atoms with Gasteiger partial charge in [-0.25, -0.2) is 13.1 Å². The third-order valence-electron chi connectivity index (χ3n) is 4.21. The lowest BCUT2D eigenvalue weighted by molar-refractivity contribution is 0.329. The van der Waals surface area contributed by atoms with Crippen LogP contribution in [0.25, 0.3) is 0 Å². The second-order valence-electron chi connectivity index (χ2n) is 5.91. The Morgan fingerprint density at radius 2 is 1.89 bits per heavy atom. The Kier molecular flexibility index (Phi) is 5.62. The molecule has 0 bridgehead atoms. The molecular weight excluding hydrogens is 262 g/mol. The largest absolute Gasteiger partial charge is 0.317 e. The molecule has 1 heterocycles. The van der Waals surface area contributed by atoms with Gasteiger partial charge < -0.3 is 10.2 Å². The predicted molar refractivity (Wildman–Crippen MR) is 77.7 cm³/mol. The molecule has 0 atom stereocenters. The average Bonchev–Trinajstić information content (AvgIpc) is 3.22. The normalized spacial score (nSPS) is 22.0. The molecule has 0 aromatic heterocycles. The Hall–Kier alpha value is -0.170. The van der Waals surface area contributed by atoms with Crippen LogP contribution < -0.4 is 10.0 Å². The van der Waals surface area contributed by atoms with Crippen LogP contribution in [0.3, 0.4) is 0 Å². The summed E-state index contributed by atoms with van der Waals surface area (Å²) in [5.74, 6) is 0.858. The minimum atomic E-state index is -3.08. The van der Waals surface area contributed by atoms with Crippen molar-refractivity contribution in [3.05, 3.63) is 0 Å². The summed E-state index contributed by atoms with van der Waals surface area (Å²) in [6.07, 6.45) is 5.55. The second-order valence-corrected chi connectivity index (χ2v) is 7.83. The summed E-state index contributed by atoms with van der Waals surface area (Å²) in [7, 11) is -1.01. The van der Waals surface area contributed by atoms with Gasteiger partial charge in [-0.3, -0.25) is 0 Å². The number of sulfonamides is 1. The van der Waals surface area contributed by atoms with E-state index < -0.39 is 10.0 Å². The summed E-state index contributed by atoms with van der Waals surface area (Å²) < 4.78 is 26.5. The van der Waals surface area contributed by atoms with E-state index in [4.69, 9.17) is 0 Å². The topological polar surface area (TPSA) is 61.4 Å². The zero-order chi connectivity index (χ0) is 13.7. The highest BCUT2D eigenvalue weighted by Crippen LogP contribution is 2.24. The summed E-state index contributed by atoms with van der Waals surface area (Å²) in [6.45, 7) is 3.42. The highest BCUT2D eigenvalue weighted by Gasteiger charge is 2.25. The minimum absolute atomic E-state index is 0.283. The number of likely N-dealkylation sites (N-methyl/N-ethyl adjacent to an activating group) is 1. The maximum absolute atomic E-state index is 11.9. The molecular formula is C13H27N3O2S. The van der Waals surface area contributed by atoms with Crippen molar-refractivity contribution in [2.75, 3.05) is 39.0 Å². The smallest absolute Gasteiger partial charge is 0.211 e. The van der Waals surface area contributed by atoms with E-state index in [2.05, 4.69) is 22.0 Å². The van der Waals surface area contributed by atoms with Crippen molar-refractivity contribution in [2.24, 2.45) is 5.92 Å². The number of nitrogens with zero attached hydrogens (tertiary/aromatic N) is 1. The molecule has 112 valence electrons. The fourth-order valence-corrected chi connectivity index (χ4v) is 3.83. The number of hydrogen-bond acceptors (Lipinski definition) is 4. The van der Waals surface area contributed by atoms with Gasteiger partial charge in [-0.1, -0.05) is 0 Å². The Morgan fingerprint density at radius 1 is 1.21 bits per heavy atom. The summed E-state index contributed by atoms with van der Waals surface area (Å²) >= 11 is 0. The van der Waals surface area contributed by atoms with Gasteiger partial charge in [0.15, 0.2) is 0 Å². The fourth-order valence-electron chi connectivity index (χ4n) is 2.64. The standard InChI is InChI=1S/C13H27N3O2S/c1-16(13-2-3-13)10-9-15-19(17,18)11-6-12-4-7-14-8-5-12/h12-15H,2-11H2,1H3. The zero-order valence-electron chi connectivity index (χ0n) is 11.9. The predicted octanol–water partition coefficient (Wildman–Crippen LogP) is 0.390. The third-order valence-corrected chi connectivity index (χ3v) is 5.63. The highest BCUT2D eigenvalue weighted by atomic mass is 32.2. The first-order valence-corrected chi connectivity index (χ1v) is 9.10. The molecule has 1 saturated carbocycles. The van der Waals surface area contributed by atoms with E-state index in [9.17, 15) is 8.42 Å². The molecule has 1 saturated heterocycles. The molecule has 5 nitrogen and oxygen atoms in total. The van der Waals surface area contributed by atoms with Gasteiger partial charge in [0, 0.05) is 19.1 Å². The Balaban J connectivity index is 1.60. The van der Waals surface area contributed by atoms with Crippen LogP contribution in [0.5, 0.6) is 0 Å². The molecule has 0 spiro atoms. The Morgan fingerprint density at radius 3 is 2.53 bits per heavy atom. The first-order chi connectivity index (χ1) is 9.07. The molecule has 2 fully saturated rings. The van der Waals surface area contributed by atoms with E-state index in [-0.39, 0.29) is 5.75 Å². The lowest BCUT2D eigenvalue weighted by Crippen LogP contribution is -2.36. The van der Waals surface area contributed by atoms with Gasteiger partial charge in [0.2, 0.25) is 10.0 Å². The molecule has 19 heavy (non-hydrogen) atoms. The quantitative estimate of drug-likeness (QED) is 0.678. The molecule has 1 aliphatic heterocycles. The van der Waals surface area contributed by atoms with E-state index in [1.807, 2.05) is 0 Å². The SMILES string of the molecule is CN(CCNS(=O)(=O)CCC1CCNCC1)C1CC1. The molecule has 0 amide bonds. The second kappa shape index (κ2) is 7.02. The first kappa shape index (κ1) is 15.2. The number of hydrogen-bond donors (Lipinski definition) is 2. The molecule has 2 N–H and O–H groups in total. The zero-order valence-corrected chi connectivity index (χ0v) is 12.7. The van der Waals surface area contributed by atoms with E-state index in [1.54, 1.807) is 0 Å². The lowest BCUT2D eigenvalue weighted by Gasteiger charge is -2.22. The van der Waals surface area contributed by atoms with Gasteiger partial charge in [-0.2, -0.15) is 0 Å². The van der Waals surface area contributed by atoms with Crippen molar-refractivity contribution in [1.29, 1.82) is 0 Å². The third kappa shape index (κ3) is 5.77. The molecule has 0 radical (unpaired) electrons. The maximum atomic E-state index is 11.9. The number of nitrogens with one attached hydrogen (secondary N) is 2.